The van der Waals surface area contributed by atoms with E-state index in [4.69, 9.17) is 4.74 Å². The SMILES string of the molecule is Cc1nc(Br)sc1S(=O)(=O)NC[C@@H]1CCCO1. The molecule has 1 aromatic rings. The maximum atomic E-state index is 12.0. The Bertz CT molecular complexity index is 494. The van der Waals surface area contributed by atoms with E-state index in [1.165, 1.54) is 0 Å². The zero-order valence-electron chi connectivity index (χ0n) is 9.27. The summed E-state index contributed by atoms with van der Waals surface area (Å²) in [7, 11) is -3.46. The van der Waals surface area contributed by atoms with Gasteiger partial charge in [-0.15, -0.1) is 0 Å². The van der Waals surface area contributed by atoms with Crippen molar-refractivity contribution in [3.05, 3.63) is 9.61 Å². The fourth-order valence-electron chi connectivity index (χ4n) is 1.67. The van der Waals surface area contributed by atoms with Gasteiger partial charge in [-0.05, 0) is 35.7 Å². The summed E-state index contributed by atoms with van der Waals surface area (Å²) >= 11 is 4.30. The third-order valence-electron chi connectivity index (χ3n) is 2.50. The Morgan fingerprint density at radius 3 is 2.94 bits per heavy atom. The lowest BCUT2D eigenvalue weighted by atomic mass is 10.2. The Balaban J connectivity index is 2.05. The van der Waals surface area contributed by atoms with E-state index >= 15 is 0 Å². The van der Waals surface area contributed by atoms with Crippen LogP contribution in [0.2, 0.25) is 0 Å². The molecule has 5 nitrogen and oxygen atoms in total. The van der Waals surface area contributed by atoms with Crippen molar-refractivity contribution in [3.63, 3.8) is 0 Å². The van der Waals surface area contributed by atoms with Crippen molar-refractivity contribution in [2.24, 2.45) is 0 Å². The van der Waals surface area contributed by atoms with E-state index in [0.717, 1.165) is 30.8 Å². The van der Waals surface area contributed by atoms with E-state index < -0.39 is 10.0 Å². The van der Waals surface area contributed by atoms with Crippen molar-refractivity contribution < 1.29 is 13.2 Å². The average molecular weight is 341 g/mol. The molecule has 1 aromatic heterocycles. The van der Waals surface area contributed by atoms with Gasteiger partial charge in [0.1, 0.15) is 0 Å². The topological polar surface area (TPSA) is 68.3 Å². The van der Waals surface area contributed by atoms with Crippen LogP contribution in [-0.2, 0) is 14.8 Å². The number of nitrogens with zero attached hydrogens (tertiary/aromatic N) is 1. The number of thiazole rings is 1. The molecule has 0 aromatic carbocycles. The quantitative estimate of drug-likeness (QED) is 0.905. The number of nitrogens with one attached hydrogen (secondary N) is 1. The van der Waals surface area contributed by atoms with Gasteiger partial charge in [0.05, 0.1) is 11.8 Å². The van der Waals surface area contributed by atoms with Crippen LogP contribution in [0.15, 0.2) is 8.13 Å². The maximum Gasteiger partial charge on any atom is 0.252 e. The predicted octanol–water partition coefficient (Wildman–Crippen LogP) is 1.67. The van der Waals surface area contributed by atoms with E-state index in [1.807, 2.05) is 0 Å². The highest BCUT2D eigenvalue weighted by molar-refractivity contribution is 9.11. The normalized spacial score (nSPS) is 20.9. The highest BCUT2D eigenvalue weighted by Crippen LogP contribution is 2.27. The Morgan fingerprint density at radius 1 is 1.65 bits per heavy atom. The molecule has 1 fully saturated rings. The zero-order chi connectivity index (χ0) is 12.5. The Kier molecular flexibility index (Phi) is 4.19. The Morgan fingerprint density at radius 2 is 2.41 bits per heavy atom. The predicted molar refractivity (Wildman–Crippen MR) is 68.7 cm³/mol. The van der Waals surface area contributed by atoms with Gasteiger partial charge < -0.3 is 4.74 Å². The van der Waals surface area contributed by atoms with E-state index in [-0.39, 0.29) is 10.3 Å². The van der Waals surface area contributed by atoms with Crippen molar-refractivity contribution in [2.75, 3.05) is 13.2 Å². The first-order valence-corrected chi connectivity index (χ1v) is 8.32. The summed E-state index contributed by atoms with van der Waals surface area (Å²) in [6, 6.07) is 0. The molecule has 0 bridgehead atoms. The number of hydrogen-bond acceptors (Lipinski definition) is 5. The van der Waals surface area contributed by atoms with Gasteiger partial charge in [-0.3, -0.25) is 0 Å². The average Bonchev–Trinajstić information content (AvgIpc) is 2.85. The monoisotopic (exact) mass is 340 g/mol. The molecule has 17 heavy (non-hydrogen) atoms. The van der Waals surface area contributed by atoms with Gasteiger partial charge in [0.25, 0.3) is 10.0 Å². The first-order chi connectivity index (χ1) is 7.99. The Hall–Kier alpha value is -0.0200. The van der Waals surface area contributed by atoms with Crippen molar-refractivity contribution >= 4 is 37.3 Å². The largest absolute Gasteiger partial charge is 0.377 e. The van der Waals surface area contributed by atoms with E-state index in [0.29, 0.717) is 16.2 Å². The zero-order valence-corrected chi connectivity index (χ0v) is 12.5. The first-order valence-electron chi connectivity index (χ1n) is 5.23. The number of rotatable bonds is 4. The van der Waals surface area contributed by atoms with Crippen LogP contribution in [0.1, 0.15) is 18.5 Å². The van der Waals surface area contributed by atoms with Gasteiger partial charge in [0.2, 0.25) is 0 Å². The first kappa shape index (κ1) is 13.4. The van der Waals surface area contributed by atoms with Crippen molar-refractivity contribution in [2.45, 2.75) is 30.1 Å². The molecular weight excluding hydrogens is 328 g/mol. The second-order valence-electron chi connectivity index (χ2n) is 3.83. The molecule has 2 heterocycles. The van der Waals surface area contributed by atoms with Crippen LogP contribution in [0.5, 0.6) is 0 Å². The van der Waals surface area contributed by atoms with Crippen LogP contribution in [0.25, 0.3) is 0 Å². The minimum atomic E-state index is -3.46. The van der Waals surface area contributed by atoms with E-state index in [2.05, 4.69) is 25.6 Å². The molecule has 0 aliphatic carbocycles. The summed E-state index contributed by atoms with van der Waals surface area (Å²) in [5.74, 6) is 0. The van der Waals surface area contributed by atoms with Gasteiger partial charge in [-0.2, -0.15) is 0 Å². The molecule has 1 aliphatic heterocycles. The summed E-state index contributed by atoms with van der Waals surface area (Å²) in [6.07, 6.45) is 1.91. The molecule has 1 saturated heterocycles. The molecule has 0 unspecified atom stereocenters. The van der Waals surface area contributed by atoms with Crippen LogP contribution in [-0.4, -0.2) is 32.7 Å². The molecule has 8 heteroatoms. The number of hydrogen-bond donors (Lipinski definition) is 1. The molecule has 1 N–H and O–H groups in total. The molecule has 1 atom stereocenters. The molecule has 0 saturated carbocycles. The number of aryl methyl sites for hydroxylation is 1. The maximum absolute atomic E-state index is 12.0. The third kappa shape index (κ3) is 3.25. The van der Waals surface area contributed by atoms with Gasteiger partial charge in [-0.25, -0.2) is 18.1 Å². The third-order valence-corrected chi connectivity index (χ3v) is 6.14. The summed E-state index contributed by atoms with van der Waals surface area (Å²) in [5, 5.41) is 0. The number of ether oxygens (including phenoxy) is 1. The fraction of sp³-hybridized carbons (Fsp3) is 0.667. The van der Waals surface area contributed by atoms with Gasteiger partial charge in [-0.1, -0.05) is 11.3 Å². The standard InChI is InChI=1S/C9H13BrN2O3S2/c1-6-8(16-9(10)12-6)17(13,14)11-5-7-3-2-4-15-7/h7,11H,2-5H2,1H3/t7-/m0/s1. The minimum Gasteiger partial charge on any atom is -0.377 e. The second kappa shape index (κ2) is 5.31. The molecule has 0 radical (unpaired) electrons. The number of halogens is 1. The van der Waals surface area contributed by atoms with Crippen molar-refractivity contribution in [1.29, 1.82) is 0 Å². The molecule has 1 aliphatic rings. The van der Waals surface area contributed by atoms with Crippen LogP contribution in [0.3, 0.4) is 0 Å². The molecular formula is C9H13BrN2O3S2. The van der Waals surface area contributed by atoms with Crippen molar-refractivity contribution in [3.8, 4) is 0 Å². The summed E-state index contributed by atoms with van der Waals surface area (Å²) in [4.78, 5) is 4.04. The lowest BCUT2D eigenvalue weighted by molar-refractivity contribution is 0.114. The Labute approximate surface area is 113 Å². The van der Waals surface area contributed by atoms with E-state index in [1.54, 1.807) is 6.92 Å². The van der Waals surface area contributed by atoms with Gasteiger partial charge >= 0.3 is 0 Å². The number of aromatic nitrogens is 1. The van der Waals surface area contributed by atoms with Crippen LogP contribution in [0, 0.1) is 6.92 Å². The molecule has 2 rings (SSSR count). The summed E-state index contributed by atoms with van der Waals surface area (Å²) in [5.41, 5.74) is 0.515. The smallest absolute Gasteiger partial charge is 0.252 e. The summed E-state index contributed by atoms with van der Waals surface area (Å²) < 4.78 is 32.8. The highest BCUT2D eigenvalue weighted by Gasteiger charge is 2.23. The van der Waals surface area contributed by atoms with E-state index in [9.17, 15) is 8.42 Å². The summed E-state index contributed by atoms with van der Waals surface area (Å²) in [6.45, 7) is 2.73. The molecule has 96 valence electrons. The van der Waals surface area contributed by atoms with Crippen molar-refractivity contribution in [1.82, 2.24) is 9.71 Å². The highest BCUT2D eigenvalue weighted by atomic mass is 79.9. The minimum absolute atomic E-state index is 0.00134. The van der Waals surface area contributed by atoms with Gasteiger partial charge in [0, 0.05) is 13.2 Å². The van der Waals surface area contributed by atoms with Crippen LogP contribution >= 0.6 is 27.3 Å². The molecule has 0 amide bonds. The van der Waals surface area contributed by atoms with Crippen LogP contribution < -0.4 is 4.72 Å². The number of sulfonamides is 1. The molecule has 0 spiro atoms. The lowest BCUT2D eigenvalue weighted by Gasteiger charge is -2.10. The lowest BCUT2D eigenvalue weighted by Crippen LogP contribution is -2.31. The van der Waals surface area contributed by atoms with Crippen LogP contribution in [0.4, 0.5) is 0 Å². The van der Waals surface area contributed by atoms with Gasteiger partial charge in [0.15, 0.2) is 8.13 Å². The second-order valence-corrected chi connectivity index (χ2v) is 8.06. The fourth-order valence-corrected chi connectivity index (χ4v) is 5.10.